The van der Waals surface area contributed by atoms with Crippen LogP contribution in [0.15, 0.2) is 94.3 Å². The number of carbonyl (C=O) groups is 2. The number of fused-ring (bicyclic) bond motifs is 2. The van der Waals surface area contributed by atoms with E-state index in [0.717, 1.165) is 61.1 Å². The Hall–Kier alpha value is -4.89. The fourth-order valence-electron chi connectivity index (χ4n) is 6.69. The number of methoxy groups -OCH3 is 1. The van der Waals surface area contributed by atoms with E-state index in [1.807, 2.05) is 24.4 Å². The Morgan fingerprint density at radius 2 is 1.77 bits per heavy atom. The SMILES string of the molecule is COc1ccc2[nH]cc(CCNC(=O)CN(CCCCC3CCN(Cc4ccccc4)CC3)C(=O)c3cc(=O)c4ccccc4o3)c2c1. The Bertz CT molecular complexity index is 1890. The van der Waals surface area contributed by atoms with Crippen LogP contribution in [0.25, 0.3) is 21.9 Å². The molecule has 2 N–H and O–H groups in total. The molecule has 1 fully saturated rings. The van der Waals surface area contributed by atoms with Crippen molar-refractivity contribution in [2.75, 3.05) is 39.8 Å². The molecule has 0 spiro atoms. The summed E-state index contributed by atoms with van der Waals surface area (Å²) in [4.78, 5) is 47.0. The molecule has 2 aromatic heterocycles. The maximum absolute atomic E-state index is 13.7. The number of aromatic nitrogens is 1. The van der Waals surface area contributed by atoms with E-state index in [2.05, 4.69) is 45.5 Å². The van der Waals surface area contributed by atoms with E-state index < -0.39 is 5.91 Å². The van der Waals surface area contributed by atoms with E-state index in [1.165, 1.54) is 29.4 Å². The van der Waals surface area contributed by atoms with Crippen molar-refractivity contribution in [3.05, 3.63) is 112 Å². The summed E-state index contributed by atoms with van der Waals surface area (Å²) < 4.78 is 11.2. The number of ether oxygens (including phenoxy) is 1. The maximum Gasteiger partial charge on any atom is 0.290 e. The first-order chi connectivity index (χ1) is 23.5. The molecule has 9 heteroatoms. The summed E-state index contributed by atoms with van der Waals surface area (Å²) in [6, 6.07) is 24.6. The van der Waals surface area contributed by atoms with Gasteiger partial charge in [-0.1, -0.05) is 55.3 Å². The van der Waals surface area contributed by atoms with Gasteiger partial charge in [-0.15, -0.1) is 0 Å². The third-order valence-electron chi connectivity index (χ3n) is 9.40. The van der Waals surface area contributed by atoms with Crippen molar-refractivity contribution in [1.29, 1.82) is 0 Å². The minimum Gasteiger partial charge on any atom is -0.497 e. The van der Waals surface area contributed by atoms with Crippen LogP contribution in [0.4, 0.5) is 0 Å². The molecule has 6 rings (SSSR count). The van der Waals surface area contributed by atoms with Crippen LogP contribution in [-0.4, -0.2) is 66.4 Å². The molecule has 3 heterocycles. The van der Waals surface area contributed by atoms with Gasteiger partial charge in [0.05, 0.1) is 19.0 Å². The zero-order chi connectivity index (χ0) is 33.3. The average molecular weight is 649 g/mol. The first-order valence-corrected chi connectivity index (χ1v) is 17.0. The van der Waals surface area contributed by atoms with E-state index in [4.69, 9.17) is 9.15 Å². The number of para-hydroxylation sites is 1. The number of nitrogens with one attached hydrogen (secondary N) is 2. The number of benzene rings is 3. The molecule has 250 valence electrons. The third-order valence-corrected chi connectivity index (χ3v) is 9.40. The molecular weight excluding hydrogens is 604 g/mol. The molecular formula is C39H44N4O5. The van der Waals surface area contributed by atoms with E-state index in [0.29, 0.717) is 36.4 Å². The number of rotatable bonds is 14. The molecule has 1 aliphatic rings. The van der Waals surface area contributed by atoms with Gasteiger partial charge in [-0.05, 0) is 86.1 Å². The second-order valence-corrected chi connectivity index (χ2v) is 12.7. The Balaban J connectivity index is 1.04. The van der Waals surface area contributed by atoms with Crippen LogP contribution in [0.5, 0.6) is 5.75 Å². The number of likely N-dealkylation sites (tertiary alicyclic amines) is 1. The molecule has 3 aromatic carbocycles. The lowest BCUT2D eigenvalue weighted by Crippen LogP contribution is -2.42. The monoisotopic (exact) mass is 648 g/mol. The number of hydrogen-bond acceptors (Lipinski definition) is 6. The van der Waals surface area contributed by atoms with Crippen LogP contribution < -0.4 is 15.5 Å². The van der Waals surface area contributed by atoms with Gasteiger partial charge < -0.3 is 24.4 Å². The lowest BCUT2D eigenvalue weighted by atomic mass is 9.91. The van der Waals surface area contributed by atoms with E-state index in [-0.39, 0.29) is 23.6 Å². The van der Waals surface area contributed by atoms with Gasteiger partial charge in [-0.3, -0.25) is 19.3 Å². The average Bonchev–Trinajstić information content (AvgIpc) is 3.52. The third kappa shape index (κ3) is 8.33. The zero-order valence-corrected chi connectivity index (χ0v) is 27.6. The molecule has 1 aliphatic heterocycles. The van der Waals surface area contributed by atoms with Gasteiger partial charge >= 0.3 is 0 Å². The molecule has 1 saturated heterocycles. The van der Waals surface area contributed by atoms with E-state index >= 15 is 0 Å². The molecule has 48 heavy (non-hydrogen) atoms. The van der Waals surface area contributed by atoms with Gasteiger partial charge in [0.25, 0.3) is 5.91 Å². The van der Waals surface area contributed by atoms with Crippen LogP contribution >= 0.6 is 0 Å². The summed E-state index contributed by atoms with van der Waals surface area (Å²) in [7, 11) is 1.64. The number of hydrogen-bond donors (Lipinski definition) is 2. The molecule has 2 amide bonds. The van der Waals surface area contributed by atoms with Gasteiger partial charge in [-0.2, -0.15) is 0 Å². The first-order valence-electron chi connectivity index (χ1n) is 17.0. The molecule has 0 radical (unpaired) electrons. The summed E-state index contributed by atoms with van der Waals surface area (Å²) in [6.07, 6.45) is 7.72. The Kier molecular flexibility index (Phi) is 10.9. The summed E-state index contributed by atoms with van der Waals surface area (Å²) >= 11 is 0. The quantitative estimate of drug-likeness (QED) is 0.140. The van der Waals surface area contributed by atoms with Crippen LogP contribution in [0, 0.1) is 5.92 Å². The summed E-state index contributed by atoms with van der Waals surface area (Å²) in [6.45, 7) is 3.88. The summed E-state index contributed by atoms with van der Waals surface area (Å²) in [5.74, 6) is 0.675. The molecule has 0 aliphatic carbocycles. The minimum absolute atomic E-state index is 0.0509. The number of piperidine rings is 1. The molecule has 9 nitrogen and oxygen atoms in total. The van der Waals surface area contributed by atoms with Crippen molar-refractivity contribution < 1.29 is 18.7 Å². The van der Waals surface area contributed by atoms with Crippen LogP contribution in [0.1, 0.15) is 53.8 Å². The van der Waals surface area contributed by atoms with E-state index in [1.54, 1.807) is 31.4 Å². The van der Waals surface area contributed by atoms with Gasteiger partial charge in [0.15, 0.2) is 11.2 Å². The summed E-state index contributed by atoms with van der Waals surface area (Å²) in [5.41, 5.74) is 3.50. The fraction of sp³-hybridized carbons (Fsp3) is 0.359. The minimum atomic E-state index is -0.453. The van der Waals surface area contributed by atoms with Gasteiger partial charge in [0, 0.05) is 42.8 Å². The second kappa shape index (κ2) is 15.8. The smallest absolute Gasteiger partial charge is 0.290 e. The molecule has 0 bridgehead atoms. The predicted octanol–water partition coefficient (Wildman–Crippen LogP) is 6.17. The molecule has 0 atom stereocenters. The molecule has 0 saturated carbocycles. The van der Waals surface area contributed by atoms with Crippen molar-refractivity contribution in [2.45, 2.75) is 45.1 Å². The topological polar surface area (TPSA) is 108 Å². The summed E-state index contributed by atoms with van der Waals surface area (Å²) in [5, 5.41) is 4.45. The van der Waals surface area contributed by atoms with Crippen LogP contribution in [0.2, 0.25) is 0 Å². The first kappa shape index (κ1) is 33.0. The van der Waals surface area contributed by atoms with Gasteiger partial charge in [0.1, 0.15) is 11.3 Å². The highest BCUT2D eigenvalue weighted by Gasteiger charge is 2.23. The van der Waals surface area contributed by atoms with Crippen LogP contribution in [0.3, 0.4) is 0 Å². The van der Waals surface area contributed by atoms with Crippen LogP contribution in [-0.2, 0) is 17.8 Å². The number of amides is 2. The van der Waals surface area contributed by atoms with Crippen molar-refractivity contribution in [2.24, 2.45) is 5.92 Å². The molecule has 5 aromatic rings. The predicted molar refractivity (Wildman–Crippen MR) is 188 cm³/mol. The van der Waals surface area contributed by atoms with E-state index in [9.17, 15) is 14.4 Å². The number of nitrogens with zero attached hydrogens (tertiary/aromatic N) is 2. The van der Waals surface area contributed by atoms with Crippen molar-refractivity contribution >= 4 is 33.7 Å². The lowest BCUT2D eigenvalue weighted by molar-refractivity contribution is -0.121. The number of H-pyrrole nitrogens is 1. The van der Waals surface area contributed by atoms with Gasteiger partial charge in [-0.25, -0.2) is 0 Å². The highest BCUT2D eigenvalue weighted by molar-refractivity contribution is 5.95. The zero-order valence-electron chi connectivity index (χ0n) is 27.6. The van der Waals surface area contributed by atoms with Gasteiger partial charge in [0.2, 0.25) is 5.91 Å². The Morgan fingerprint density at radius 3 is 2.58 bits per heavy atom. The highest BCUT2D eigenvalue weighted by atomic mass is 16.5. The lowest BCUT2D eigenvalue weighted by Gasteiger charge is -2.32. The standard InChI is InChI=1S/C39H44N4O5/c1-47-31-14-15-34-33(23-31)30(25-41-34)16-19-40-38(45)27-43(39(46)37-24-35(44)32-12-5-6-13-36(32)48-37)20-8-7-9-28-17-21-42(22-18-28)26-29-10-3-2-4-11-29/h2-6,10-15,23-25,28,41H,7-9,16-22,26-27H2,1H3,(H,40,45). The van der Waals surface area contributed by atoms with Crippen molar-refractivity contribution in [3.8, 4) is 5.75 Å². The number of carbonyl (C=O) groups excluding carboxylic acids is 2. The maximum atomic E-state index is 13.7. The Labute approximate surface area is 280 Å². The van der Waals surface area contributed by atoms with Crippen molar-refractivity contribution in [3.63, 3.8) is 0 Å². The number of aromatic amines is 1. The Morgan fingerprint density at radius 1 is 0.979 bits per heavy atom. The number of unbranched alkanes of at least 4 members (excludes halogenated alkanes) is 1. The molecule has 0 unspecified atom stereocenters. The normalized spacial score (nSPS) is 13.9. The second-order valence-electron chi connectivity index (χ2n) is 12.7. The largest absolute Gasteiger partial charge is 0.497 e. The van der Waals surface area contributed by atoms with Crippen molar-refractivity contribution in [1.82, 2.24) is 20.1 Å². The fourth-order valence-corrected chi connectivity index (χ4v) is 6.69. The highest BCUT2D eigenvalue weighted by Crippen LogP contribution is 2.25.